The van der Waals surface area contributed by atoms with Crippen LogP contribution >= 0.6 is 0 Å². The number of aromatic nitrogens is 2. The summed E-state index contributed by atoms with van der Waals surface area (Å²) >= 11 is 0. The van der Waals surface area contributed by atoms with Gasteiger partial charge in [0.25, 0.3) is 5.56 Å². The molecule has 6 heteroatoms. The first-order valence-electron chi connectivity index (χ1n) is 7.06. The molecule has 0 aromatic carbocycles. The van der Waals surface area contributed by atoms with Crippen molar-refractivity contribution in [1.29, 1.82) is 0 Å². The zero-order chi connectivity index (χ0) is 14.7. The first-order chi connectivity index (χ1) is 10.2. The highest BCUT2D eigenvalue weighted by Crippen LogP contribution is 2.10. The lowest BCUT2D eigenvalue weighted by atomic mass is 10.2. The molecule has 2 aromatic heterocycles. The third-order valence-electron chi connectivity index (χ3n) is 3.61. The topological polar surface area (TPSA) is 73.2 Å². The molecule has 110 valence electrons. The number of carbonyl (C=O) groups excluding carboxylic acids is 1. The van der Waals surface area contributed by atoms with Gasteiger partial charge in [0.05, 0.1) is 17.0 Å². The summed E-state index contributed by atoms with van der Waals surface area (Å²) in [5.41, 5.74) is 0.436. The number of rotatable bonds is 4. The highest BCUT2D eigenvalue weighted by atomic mass is 16.5. The summed E-state index contributed by atoms with van der Waals surface area (Å²) < 4.78 is 6.84. The maximum Gasteiger partial charge on any atom is 0.260 e. The molecule has 1 atom stereocenters. The van der Waals surface area contributed by atoms with E-state index in [0.717, 1.165) is 19.4 Å². The lowest BCUT2D eigenvalue weighted by molar-refractivity contribution is -0.122. The highest BCUT2D eigenvalue weighted by molar-refractivity contribution is 5.78. The van der Waals surface area contributed by atoms with Crippen molar-refractivity contribution in [2.24, 2.45) is 0 Å². The molecule has 0 radical (unpaired) electrons. The van der Waals surface area contributed by atoms with E-state index in [9.17, 15) is 9.59 Å². The van der Waals surface area contributed by atoms with Crippen molar-refractivity contribution < 1.29 is 9.53 Å². The van der Waals surface area contributed by atoms with Crippen molar-refractivity contribution in [2.75, 3.05) is 13.2 Å². The SMILES string of the molecule is O=C(Cn1ccc2ncccc2c1=O)NC[C@@H]1CCCO1. The molecule has 0 bridgehead atoms. The van der Waals surface area contributed by atoms with Gasteiger partial charge in [0, 0.05) is 25.5 Å². The third-order valence-corrected chi connectivity index (χ3v) is 3.61. The third kappa shape index (κ3) is 3.11. The van der Waals surface area contributed by atoms with E-state index in [-0.39, 0.29) is 24.1 Å². The van der Waals surface area contributed by atoms with Gasteiger partial charge in [0.15, 0.2) is 0 Å². The molecule has 1 aliphatic heterocycles. The van der Waals surface area contributed by atoms with E-state index in [0.29, 0.717) is 17.4 Å². The Morgan fingerprint density at radius 1 is 1.48 bits per heavy atom. The molecule has 0 unspecified atom stereocenters. The molecule has 21 heavy (non-hydrogen) atoms. The van der Waals surface area contributed by atoms with E-state index in [1.807, 2.05) is 0 Å². The van der Waals surface area contributed by atoms with Crippen LogP contribution < -0.4 is 10.9 Å². The number of nitrogens with one attached hydrogen (secondary N) is 1. The van der Waals surface area contributed by atoms with Crippen LogP contribution in [0.5, 0.6) is 0 Å². The van der Waals surface area contributed by atoms with Gasteiger partial charge in [-0.1, -0.05) is 0 Å². The van der Waals surface area contributed by atoms with E-state index in [1.165, 1.54) is 4.57 Å². The standard InChI is InChI=1S/C15H17N3O3/c19-14(17-9-11-3-2-8-21-11)10-18-7-5-13-12(15(18)20)4-1-6-16-13/h1,4-7,11H,2-3,8-10H2,(H,17,19)/t11-/m0/s1. The Hall–Kier alpha value is -2.21. The quantitative estimate of drug-likeness (QED) is 0.898. The van der Waals surface area contributed by atoms with Gasteiger partial charge in [0.2, 0.25) is 5.91 Å². The van der Waals surface area contributed by atoms with E-state index >= 15 is 0 Å². The van der Waals surface area contributed by atoms with Crippen LogP contribution in [0.1, 0.15) is 12.8 Å². The number of amides is 1. The number of ether oxygens (including phenoxy) is 1. The van der Waals surface area contributed by atoms with Crippen LogP contribution in [0.25, 0.3) is 10.9 Å². The number of nitrogens with zero attached hydrogens (tertiary/aromatic N) is 2. The van der Waals surface area contributed by atoms with Crippen LogP contribution in [0.4, 0.5) is 0 Å². The van der Waals surface area contributed by atoms with E-state index in [1.54, 1.807) is 30.6 Å². The van der Waals surface area contributed by atoms with Crippen molar-refractivity contribution >= 4 is 16.8 Å². The molecule has 6 nitrogen and oxygen atoms in total. The molecule has 0 spiro atoms. The minimum Gasteiger partial charge on any atom is -0.376 e. The van der Waals surface area contributed by atoms with Gasteiger partial charge in [-0.15, -0.1) is 0 Å². The summed E-state index contributed by atoms with van der Waals surface area (Å²) in [5.74, 6) is -0.184. The molecular weight excluding hydrogens is 270 g/mol. The van der Waals surface area contributed by atoms with Gasteiger partial charge in [-0.05, 0) is 31.0 Å². The average Bonchev–Trinajstić information content (AvgIpc) is 3.02. The first-order valence-corrected chi connectivity index (χ1v) is 7.06. The van der Waals surface area contributed by atoms with Crippen molar-refractivity contribution in [3.63, 3.8) is 0 Å². The fraction of sp³-hybridized carbons (Fsp3) is 0.400. The summed E-state index contributed by atoms with van der Waals surface area (Å²) in [7, 11) is 0. The molecule has 1 fully saturated rings. The highest BCUT2D eigenvalue weighted by Gasteiger charge is 2.16. The Morgan fingerprint density at radius 2 is 2.38 bits per heavy atom. The van der Waals surface area contributed by atoms with Gasteiger partial charge < -0.3 is 14.6 Å². The van der Waals surface area contributed by atoms with Gasteiger partial charge in [-0.2, -0.15) is 0 Å². The maximum absolute atomic E-state index is 12.2. The summed E-state index contributed by atoms with van der Waals surface area (Å²) in [5, 5.41) is 3.33. The molecule has 1 aliphatic rings. The average molecular weight is 287 g/mol. The zero-order valence-electron chi connectivity index (χ0n) is 11.6. The predicted octanol–water partition coefficient (Wildman–Crippen LogP) is 0.692. The molecule has 1 N–H and O–H groups in total. The number of carbonyl (C=O) groups is 1. The Morgan fingerprint density at radius 3 is 3.19 bits per heavy atom. The Bertz CT molecular complexity index is 705. The van der Waals surface area contributed by atoms with Crippen molar-refractivity contribution in [2.45, 2.75) is 25.5 Å². The molecule has 1 saturated heterocycles. The van der Waals surface area contributed by atoms with E-state index in [2.05, 4.69) is 10.3 Å². The molecule has 0 saturated carbocycles. The minimum absolute atomic E-state index is 0.0103. The van der Waals surface area contributed by atoms with Gasteiger partial charge >= 0.3 is 0 Å². The van der Waals surface area contributed by atoms with Crippen LogP contribution in [0.2, 0.25) is 0 Å². The number of fused-ring (bicyclic) bond motifs is 1. The lowest BCUT2D eigenvalue weighted by Crippen LogP contribution is -2.36. The van der Waals surface area contributed by atoms with Crippen molar-refractivity contribution in [1.82, 2.24) is 14.9 Å². The smallest absolute Gasteiger partial charge is 0.260 e. The fourth-order valence-electron chi connectivity index (χ4n) is 2.48. The van der Waals surface area contributed by atoms with Crippen molar-refractivity contribution in [3.8, 4) is 0 Å². The normalized spacial score (nSPS) is 18.0. The number of pyridine rings is 2. The molecule has 3 rings (SSSR count). The second kappa shape index (κ2) is 6.05. The second-order valence-electron chi connectivity index (χ2n) is 5.12. The summed E-state index contributed by atoms with van der Waals surface area (Å²) in [6.07, 6.45) is 5.36. The Kier molecular flexibility index (Phi) is 3.96. The Labute approximate surface area is 121 Å². The summed E-state index contributed by atoms with van der Waals surface area (Å²) in [6.45, 7) is 1.27. The Balaban J connectivity index is 1.68. The zero-order valence-corrected chi connectivity index (χ0v) is 11.6. The monoisotopic (exact) mass is 287 g/mol. The van der Waals surface area contributed by atoms with Crippen LogP contribution in [0.15, 0.2) is 35.4 Å². The molecule has 1 amide bonds. The predicted molar refractivity (Wildman–Crippen MR) is 78.0 cm³/mol. The lowest BCUT2D eigenvalue weighted by Gasteiger charge is -2.11. The van der Waals surface area contributed by atoms with Crippen LogP contribution in [0, 0.1) is 0 Å². The first kappa shape index (κ1) is 13.8. The number of hydrogen-bond donors (Lipinski definition) is 1. The largest absolute Gasteiger partial charge is 0.376 e. The second-order valence-corrected chi connectivity index (χ2v) is 5.12. The molecule has 2 aromatic rings. The molecule has 3 heterocycles. The van der Waals surface area contributed by atoms with Gasteiger partial charge in [0.1, 0.15) is 6.54 Å². The van der Waals surface area contributed by atoms with Crippen molar-refractivity contribution in [3.05, 3.63) is 40.9 Å². The summed E-state index contributed by atoms with van der Waals surface area (Å²) in [4.78, 5) is 28.3. The maximum atomic E-state index is 12.2. The van der Waals surface area contributed by atoms with Gasteiger partial charge in [-0.25, -0.2) is 0 Å². The van der Waals surface area contributed by atoms with Crippen LogP contribution in [0.3, 0.4) is 0 Å². The van der Waals surface area contributed by atoms with Crippen LogP contribution in [-0.4, -0.2) is 34.7 Å². The number of hydrogen-bond acceptors (Lipinski definition) is 4. The van der Waals surface area contributed by atoms with Gasteiger partial charge in [-0.3, -0.25) is 14.6 Å². The van der Waals surface area contributed by atoms with E-state index < -0.39 is 0 Å². The molecular formula is C15H17N3O3. The molecule has 0 aliphatic carbocycles. The van der Waals surface area contributed by atoms with Crippen LogP contribution in [-0.2, 0) is 16.1 Å². The summed E-state index contributed by atoms with van der Waals surface area (Å²) in [6, 6.07) is 5.17. The van der Waals surface area contributed by atoms with E-state index in [4.69, 9.17) is 4.74 Å². The minimum atomic E-state index is -0.201. The fourth-order valence-corrected chi connectivity index (χ4v) is 2.48.